The van der Waals surface area contributed by atoms with Crippen LogP contribution in [0.15, 0.2) is 48.5 Å². The summed E-state index contributed by atoms with van der Waals surface area (Å²) in [5.74, 6) is -1.53. The molecule has 1 aliphatic heterocycles. The van der Waals surface area contributed by atoms with E-state index >= 15 is 0 Å². The minimum atomic E-state index is -0.610. The van der Waals surface area contributed by atoms with Gasteiger partial charge in [0.15, 0.2) is 0 Å². The van der Waals surface area contributed by atoms with Gasteiger partial charge < -0.3 is 4.74 Å². The molecule has 28 heavy (non-hydrogen) atoms. The summed E-state index contributed by atoms with van der Waals surface area (Å²) in [6, 6.07) is 14.4. The lowest BCUT2D eigenvalue weighted by Crippen LogP contribution is -2.35. The molecule has 6 nitrogen and oxygen atoms in total. The zero-order valence-corrected chi connectivity index (χ0v) is 16.2. The Labute approximate surface area is 164 Å². The predicted octanol–water partition coefficient (Wildman–Crippen LogP) is 2.87. The third-order valence-corrected chi connectivity index (χ3v) is 4.89. The average Bonchev–Trinajstić information content (AvgIpc) is 2.96. The highest BCUT2D eigenvalue weighted by molar-refractivity contribution is 6.22. The summed E-state index contributed by atoms with van der Waals surface area (Å²) in [6.45, 7) is 6.85. The van der Waals surface area contributed by atoms with Crippen LogP contribution in [-0.4, -0.2) is 47.2 Å². The molecule has 0 unspecified atom stereocenters. The first-order chi connectivity index (χ1) is 13.5. The minimum Gasteiger partial charge on any atom is -0.459 e. The number of rotatable bonds is 8. The number of amides is 2. The third kappa shape index (κ3) is 4.28. The minimum absolute atomic E-state index is 0.105. The fourth-order valence-electron chi connectivity index (χ4n) is 3.17. The average molecular weight is 380 g/mol. The molecule has 0 fully saturated rings. The van der Waals surface area contributed by atoms with Crippen LogP contribution in [0.25, 0.3) is 0 Å². The molecule has 0 saturated carbocycles. The zero-order chi connectivity index (χ0) is 20.1. The Morgan fingerprint density at radius 3 is 1.96 bits per heavy atom. The second-order valence-electron chi connectivity index (χ2n) is 6.68. The van der Waals surface area contributed by atoms with E-state index in [4.69, 9.17) is 4.74 Å². The second kappa shape index (κ2) is 8.80. The summed E-state index contributed by atoms with van der Waals surface area (Å²) in [6.07, 6.45) is 0. The van der Waals surface area contributed by atoms with E-state index in [0.717, 1.165) is 30.1 Å². The maximum absolute atomic E-state index is 12.3. The summed E-state index contributed by atoms with van der Waals surface area (Å²) in [7, 11) is 0. The van der Waals surface area contributed by atoms with Crippen LogP contribution in [0, 0.1) is 0 Å². The van der Waals surface area contributed by atoms with Crippen LogP contribution < -0.4 is 0 Å². The van der Waals surface area contributed by atoms with Crippen molar-refractivity contribution in [3.8, 4) is 0 Å². The number of nitrogens with zero attached hydrogens (tertiary/aromatic N) is 2. The molecule has 146 valence electrons. The van der Waals surface area contributed by atoms with Crippen LogP contribution in [0.2, 0.25) is 0 Å². The molecule has 0 bridgehead atoms. The molecule has 2 aromatic carbocycles. The van der Waals surface area contributed by atoms with Crippen molar-refractivity contribution in [3.05, 3.63) is 70.8 Å². The van der Waals surface area contributed by atoms with Crippen molar-refractivity contribution in [1.82, 2.24) is 9.80 Å². The number of hydrogen-bond acceptors (Lipinski definition) is 5. The molecule has 0 radical (unpaired) electrons. The van der Waals surface area contributed by atoms with Crippen molar-refractivity contribution < 1.29 is 19.1 Å². The smallest absolute Gasteiger partial charge is 0.326 e. The van der Waals surface area contributed by atoms with Gasteiger partial charge in [0.1, 0.15) is 13.2 Å². The van der Waals surface area contributed by atoms with Gasteiger partial charge in [0.05, 0.1) is 11.1 Å². The van der Waals surface area contributed by atoms with E-state index < -0.39 is 17.8 Å². The number of benzene rings is 2. The number of esters is 1. The number of imide groups is 1. The Hall–Kier alpha value is -2.99. The van der Waals surface area contributed by atoms with E-state index in [1.165, 1.54) is 5.56 Å². The number of fused-ring (bicyclic) bond motifs is 1. The van der Waals surface area contributed by atoms with Gasteiger partial charge in [0, 0.05) is 6.54 Å². The van der Waals surface area contributed by atoms with Gasteiger partial charge in [-0.05, 0) is 36.3 Å². The van der Waals surface area contributed by atoms with Gasteiger partial charge in [-0.25, -0.2) is 0 Å². The Kier molecular flexibility index (Phi) is 6.21. The fourth-order valence-corrected chi connectivity index (χ4v) is 3.17. The van der Waals surface area contributed by atoms with Crippen LogP contribution in [0.1, 0.15) is 45.7 Å². The predicted molar refractivity (Wildman–Crippen MR) is 105 cm³/mol. The highest BCUT2D eigenvalue weighted by Gasteiger charge is 2.36. The largest absolute Gasteiger partial charge is 0.459 e. The van der Waals surface area contributed by atoms with Crippen LogP contribution in [0.4, 0.5) is 0 Å². The number of ether oxygens (including phenoxy) is 1. The van der Waals surface area contributed by atoms with Gasteiger partial charge in [-0.2, -0.15) is 0 Å². The maximum atomic E-state index is 12.3. The van der Waals surface area contributed by atoms with Crippen molar-refractivity contribution >= 4 is 17.8 Å². The molecule has 0 atom stereocenters. The molecule has 1 heterocycles. The monoisotopic (exact) mass is 380 g/mol. The number of hydrogen-bond donors (Lipinski definition) is 0. The highest BCUT2D eigenvalue weighted by atomic mass is 16.5. The summed E-state index contributed by atoms with van der Waals surface area (Å²) in [4.78, 5) is 39.9. The van der Waals surface area contributed by atoms with Gasteiger partial charge >= 0.3 is 5.97 Å². The highest BCUT2D eigenvalue weighted by Crippen LogP contribution is 2.22. The van der Waals surface area contributed by atoms with Gasteiger partial charge in [-0.3, -0.25) is 24.2 Å². The molecule has 0 N–H and O–H groups in total. The van der Waals surface area contributed by atoms with Crippen LogP contribution in [0.3, 0.4) is 0 Å². The fraction of sp³-hybridized carbons (Fsp3) is 0.318. The summed E-state index contributed by atoms with van der Waals surface area (Å²) in [5, 5.41) is 0. The summed E-state index contributed by atoms with van der Waals surface area (Å²) < 4.78 is 5.25. The first kappa shape index (κ1) is 19.8. The maximum Gasteiger partial charge on any atom is 0.326 e. The zero-order valence-electron chi connectivity index (χ0n) is 16.2. The van der Waals surface area contributed by atoms with E-state index in [0.29, 0.717) is 11.1 Å². The van der Waals surface area contributed by atoms with E-state index in [2.05, 4.69) is 18.7 Å². The van der Waals surface area contributed by atoms with Gasteiger partial charge in [-0.15, -0.1) is 0 Å². The molecular formula is C22H24N2O4. The molecule has 0 saturated heterocycles. The molecule has 1 aliphatic rings. The molecular weight excluding hydrogens is 356 g/mol. The number of carbonyl (C=O) groups is 3. The second-order valence-corrected chi connectivity index (χ2v) is 6.68. The standard InChI is InChI=1S/C22H24N2O4/c1-3-23(4-2)13-16-9-11-17(12-10-16)15-28-20(25)14-24-21(26)18-7-5-6-8-19(18)22(24)27/h5-12H,3-4,13-15H2,1-2H3. The quantitative estimate of drug-likeness (QED) is 0.520. The molecule has 3 rings (SSSR count). The SMILES string of the molecule is CCN(CC)Cc1ccc(COC(=O)CN2C(=O)c3ccccc3C2=O)cc1. The molecule has 0 aromatic heterocycles. The van der Waals surface area contributed by atoms with Crippen molar-refractivity contribution in [2.24, 2.45) is 0 Å². The molecule has 6 heteroatoms. The van der Waals surface area contributed by atoms with Gasteiger partial charge in [0.25, 0.3) is 11.8 Å². The molecule has 2 aromatic rings. The molecule has 2 amide bonds. The molecule has 0 aliphatic carbocycles. The lowest BCUT2D eigenvalue weighted by atomic mass is 10.1. The van der Waals surface area contributed by atoms with Crippen molar-refractivity contribution in [2.75, 3.05) is 19.6 Å². The van der Waals surface area contributed by atoms with Crippen LogP contribution in [0.5, 0.6) is 0 Å². The normalized spacial score (nSPS) is 13.2. The first-order valence-electron chi connectivity index (χ1n) is 9.44. The molecule has 0 spiro atoms. The Balaban J connectivity index is 1.52. The third-order valence-electron chi connectivity index (χ3n) is 4.89. The van der Waals surface area contributed by atoms with Crippen LogP contribution in [-0.2, 0) is 22.7 Å². The van der Waals surface area contributed by atoms with Gasteiger partial charge in [0.2, 0.25) is 0 Å². The van der Waals surface area contributed by atoms with Crippen molar-refractivity contribution in [3.63, 3.8) is 0 Å². The summed E-state index contributed by atoms with van der Waals surface area (Å²) in [5.41, 5.74) is 2.71. The summed E-state index contributed by atoms with van der Waals surface area (Å²) >= 11 is 0. The van der Waals surface area contributed by atoms with E-state index in [1.807, 2.05) is 24.3 Å². The van der Waals surface area contributed by atoms with Crippen molar-refractivity contribution in [1.29, 1.82) is 0 Å². The Morgan fingerprint density at radius 1 is 0.893 bits per heavy atom. The lowest BCUT2D eigenvalue weighted by Gasteiger charge is -2.18. The number of carbonyl (C=O) groups excluding carboxylic acids is 3. The topological polar surface area (TPSA) is 66.9 Å². The van der Waals surface area contributed by atoms with E-state index in [1.54, 1.807) is 24.3 Å². The Morgan fingerprint density at radius 2 is 1.43 bits per heavy atom. The van der Waals surface area contributed by atoms with Gasteiger partial charge in [-0.1, -0.05) is 50.2 Å². The lowest BCUT2D eigenvalue weighted by molar-refractivity contribution is -0.145. The first-order valence-corrected chi connectivity index (χ1v) is 9.44. The Bertz CT molecular complexity index is 837. The van der Waals surface area contributed by atoms with E-state index in [-0.39, 0.29) is 13.2 Å². The van der Waals surface area contributed by atoms with Crippen molar-refractivity contribution in [2.45, 2.75) is 27.0 Å². The van der Waals surface area contributed by atoms with Crippen LogP contribution >= 0.6 is 0 Å². The van der Waals surface area contributed by atoms with E-state index in [9.17, 15) is 14.4 Å².